The van der Waals surface area contributed by atoms with Crippen LogP contribution in [-0.2, 0) is 14.4 Å². The molecule has 0 spiro atoms. The first-order valence-electron chi connectivity index (χ1n) is 15.3. The fourth-order valence-corrected chi connectivity index (χ4v) is 11.5. The number of amides is 1. The van der Waals surface area contributed by atoms with Crippen LogP contribution in [0.15, 0.2) is 0 Å². The summed E-state index contributed by atoms with van der Waals surface area (Å²) in [5.74, 6) is -0.339. The van der Waals surface area contributed by atoms with Gasteiger partial charge in [0.2, 0.25) is 5.91 Å². The van der Waals surface area contributed by atoms with Crippen LogP contribution in [0, 0.1) is 73.4 Å². The van der Waals surface area contributed by atoms with Crippen LogP contribution in [-0.4, -0.2) is 30.7 Å². The van der Waals surface area contributed by atoms with Crippen molar-refractivity contribution in [1.29, 1.82) is 5.26 Å². The standard InChI is InChI=1S/C33H49FN2O3/c1-28(2)10-12-33(27(39)36-15-14-34)13-11-32(7)25(21(33)18-28)22(37)16-24-30(5)17-20(19-35)26(38)29(3,4)23(30)8-9-31(24,32)6/h20-21,23-25H,8-18H2,1-7H3,(H,36,39)/t20?,21?,23-,24+,25?,30-,31+,32+,33-/m0/s1. The molecule has 5 saturated carbocycles. The molecule has 0 radical (unpaired) electrons. The third kappa shape index (κ3) is 3.69. The van der Waals surface area contributed by atoms with Gasteiger partial charge in [-0.3, -0.25) is 14.4 Å². The number of alkyl halides is 1. The van der Waals surface area contributed by atoms with E-state index in [1.807, 2.05) is 13.8 Å². The van der Waals surface area contributed by atoms with E-state index in [0.717, 1.165) is 44.9 Å². The molecule has 0 aromatic rings. The molecule has 1 N–H and O–H groups in total. The third-order valence-corrected chi connectivity index (χ3v) is 13.7. The molecule has 1 amide bonds. The monoisotopic (exact) mass is 540 g/mol. The van der Waals surface area contributed by atoms with E-state index in [2.05, 4.69) is 46.0 Å². The Hall–Kier alpha value is -1.77. The zero-order valence-corrected chi connectivity index (χ0v) is 25.2. The molecule has 9 atom stereocenters. The minimum Gasteiger partial charge on any atom is -0.353 e. The van der Waals surface area contributed by atoms with E-state index in [1.54, 1.807) is 0 Å². The zero-order valence-electron chi connectivity index (χ0n) is 25.2. The molecule has 5 fully saturated rings. The van der Waals surface area contributed by atoms with Crippen LogP contribution in [0.2, 0.25) is 0 Å². The first-order chi connectivity index (χ1) is 18.0. The molecular formula is C33H49FN2O3. The number of hydrogen-bond donors (Lipinski definition) is 1. The molecule has 5 rings (SSSR count). The van der Waals surface area contributed by atoms with Gasteiger partial charge in [0.15, 0.2) is 5.78 Å². The molecular weight excluding hydrogens is 491 g/mol. The summed E-state index contributed by atoms with van der Waals surface area (Å²) in [6.45, 7) is 15.0. The second-order valence-electron chi connectivity index (χ2n) is 16.2. The number of hydrogen-bond acceptors (Lipinski definition) is 4. The van der Waals surface area contributed by atoms with Crippen LogP contribution in [0.25, 0.3) is 0 Å². The molecule has 0 aliphatic heterocycles. The number of nitriles is 1. The van der Waals surface area contributed by atoms with E-state index in [0.29, 0.717) is 12.8 Å². The van der Waals surface area contributed by atoms with Crippen LogP contribution in [0.1, 0.15) is 106 Å². The van der Waals surface area contributed by atoms with Crippen molar-refractivity contribution in [2.75, 3.05) is 13.2 Å². The van der Waals surface area contributed by atoms with Gasteiger partial charge in [-0.2, -0.15) is 5.26 Å². The fourth-order valence-electron chi connectivity index (χ4n) is 11.5. The average molecular weight is 541 g/mol. The zero-order chi connectivity index (χ0) is 28.8. The summed E-state index contributed by atoms with van der Waals surface area (Å²) in [4.78, 5) is 41.6. The number of fused-ring (bicyclic) bond motifs is 7. The summed E-state index contributed by atoms with van der Waals surface area (Å²) in [5.41, 5.74) is -1.82. The Labute approximate surface area is 234 Å². The van der Waals surface area contributed by atoms with Gasteiger partial charge in [0.25, 0.3) is 0 Å². The van der Waals surface area contributed by atoms with Crippen molar-refractivity contribution in [2.24, 2.45) is 62.1 Å². The molecule has 0 bridgehead atoms. The van der Waals surface area contributed by atoms with Crippen molar-refractivity contribution in [3.63, 3.8) is 0 Å². The predicted molar refractivity (Wildman–Crippen MR) is 148 cm³/mol. The van der Waals surface area contributed by atoms with Crippen molar-refractivity contribution in [3.05, 3.63) is 0 Å². The van der Waals surface area contributed by atoms with Crippen molar-refractivity contribution >= 4 is 17.5 Å². The molecule has 5 aliphatic rings. The van der Waals surface area contributed by atoms with Gasteiger partial charge in [-0.1, -0.05) is 48.5 Å². The Balaban J connectivity index is 1.59. The van der Waals surface area contributed by atoms with Crippen molar-refractivity contribution in [2.45, 2.75) is 106 Å². The molecule has 216 valence electrons. The summed E-state index contributed by atoms with van der Waals surface area (Å²) in [5, 5.41) is 12.9. The largest absolute Gasteiger partial charge is 0.353 e. The first kappa shape index (κ1) is 28.7. The van der Waals surface area contributed by atoms with Crippen molar-refractivity contribution < 1.29 is 18.8 Å². The summed E-state index contributed by atoms with van der Waals surface area (Å²) < 4.78 is 13.1. The van der Waals surface area contributed by atoms with Gasteiger partial charge in [-0.25, -0.2) is 4.39 Å². The number of carbonyl (C=O) groups excluding carboxylic acids is 3. The van der Waals surface area contributed by atoms with E-state index in [1.165, 1.54) is 0 Å². The second-order valence-corrected chi connectivity index (χ2v) is 16.2. The maximum atomic E-state index is 14.5. The Morgan fingerprint density at radius 1 is 0.949 bits per heavy atom. The Morgan fingerprint density at radius 2 is 1.62 bits per heavy atom. The highest BCUT2D eigenvalue weighted by Gasteiger charge is 2.73. The van der Waals surface area contributed by atoms with Crippen LogP contribution in [0.4, 0.5) is 4.39 Å². The molecule has 0 aromatic carbocycles. The van der Waals surface area contributed by atoms with E-state index in [4.69, 9.17) is 0 Å². The molecule has 6 heteroatoms. The summed E-state index contributed by atoms with van der Waals surface area (Å²) in [7, 11) is 0. The van der Waals surface area contributed by atoms with Crippen molar-refractivity contribution in [1.82, 2.24) is 5.32 Å². The maximum Gasteiger partial charge on any atom is 0.226 e. The minimum absolute atomic E-state index is 0.0284. The highest BCUT2D eigenvalue weighted by atomic mass is 19.1. The molecule has 5 nitrogen and oxygen atoms in total. The van der Waals surface area contributed by atoms with Gasteiger partial charge in [-0.05, 0) is 90.8 Å². The summed E-state index contributed by atoms with van der Waals surface area (Å²) in [6, 6.07) is 2.33. The Kier molecular flexibility index (Phi) is 6.53. The Bertz CT molecular complexity index is 1120. The highest BCUT2D eigenvalue weighted by molar-refractivity contribution is 5.91. The smallest absolute Gasteiger partial charge is 0.226 e. The SMILES string of the molecule is CC1(C)CC[C@]2(C(=O)NCCF)CC[C@]3(C)C(C(=O)C[C@@H]4[C@@]5(C)CC(C#N)C(=O)C(C)(C)[C@@H]5CC[C@]43C)C2C1. The number of ketones is 2. The molecule has 0 aromatic heterocycles. The predicted octanol–water partition coefficient (Wildman–Crippen LogP) is 6.45. The van der Waals surface area contributed by atoms with Gasteiger partial charge in [0.1, 0.15) is 18.4 Å². The van der Waals surface area contributed by atoms with Gasteiger partial charge < -0.3 is 5.32 Å². The third-order valence-electron chi connectivity index (χ3n) is 13.7. The number of carbonyl (C=O) groups is 3. The number of rotatable bonds is 3. The van der Waals surface area contributed by atoms with E-state index in [-0.39, 0.29) is 69.4 Å². The van der Waals surface area contributed by atoms with Crippen LogP contribution >= 0.6 is 0 Å². The Morgan fingerprint density at radius 3 is 2.26 bits per heavy atom. The van der Waals surface area contributed by atoms with Gasteiger partial charge >= 0.3 is 0 Å². The lowest BCUT2D eigenvalue weighted by molar-refractivity contribution is -0.234. The molecule has 0 saturated heterocycles. The summed E-state index contributed by atoms with van der Waals surface area (Å²) >= 11 is 0. The van der Waals surface area contributed by atoms with Gasteiger partial charge in [0, 0.05) is 24.3 Å². The van der Waals surface area contributed by atoms with Crippen LogP contribution in [0.3, 0.4) is 0 Å². The molecule has 5 aliphatic carbocycles. The first-order valence-corrected chi connectivity index (χ1v) is 15.3. The van der Waals surface area contributed by atoms with E-state index >= 15 is 0 Å². The normalized spacial score (nSPS) is 48.0. The maximum absolute atomic E-state index is 14.5. The van der Waals surface area contributed by atoms with Gasteiger partial charge in [0.05, 0.1) is 11.5 Å². The van der Waals surface area contributed by atoms with Crippen molar-refractivity contribution in [3.8, 4) is 6.07 Å². The van der Waals surface area contributed by atoms with E-state index in [9.17, 15) is 24.0 Å². The van der Waals surface area contributed by atoms with Crippen LogP contribution < -0.4 is 5.32 Å². The topological polar surface area (TPSA) is 87.0 Å². The number of nitrogens with one attached hydrogen (secondary N) is 1. The second kappa shape index (κ2) is 8.86. The molecule has 39 heavy (non-hydrogen) atoms. The van der Waals surface area contributed by atoms with E-state index < -0.39 is 23.4 Å². The quantitative estimate of drug-likeness (QED) is 0.446. The number of Topliss-reactive ketones (excluding diaryl/α,β-unsaturated/α-hetero) is 2. The average Bonchev–Trinajstić information content (AvgIpc) is 2.86. The number of nitrogens with zero attached hydrogens (tertiary/aromatic N) is 1. The lowest BCUT2D eigenvalue weighted by Gasteiger charge is -2.72. The fraction of sp³-hybridized carbons (Fsp3) is 0.879. The lowest BCUT2D eigenvalue weighted by atomic mass is 9.31. The number of halogens is 1. The van der Waals surface area contributed by atoms with Gasteiger partial charge in [-0.15, -0.1) is 0 Å². The highest BCUT2D eigenvalue weighted by Crippen LogP contribution is 2.76. The minimum atomic E-state index is -0.624. The summed E-state index contributed by atoms with van der Waals surface area (Å²) in [6.07, 6.45) is 6.95. The molecule has 0 heterocycles. The molecule has 3 unspecified atom stereocenters. The lowest BCUT2D eigenvalue weighted by Crippen LogP contribution is -2.70. The van der Waals surface area contributed by atoms with Crippen LogP contribution in [0.5, 0.6) is 0 Å².